The number of piperidine rings is 1. The maximum atomic E-state index is 6.18. The average molecular weight is 562 g/mol. The number of anilines is 1. The minimum Gasteiger partial charge on any atom is -0.454 e. The number of nitrogens with zero attached hydrogens (tertiary/aromatic N) is 5. The summed E-state index contributed by atoms with van der Waals surface area (Å²) in [6, 6.07) is 4.56. The Hall–Kier alpha value is -2.04. The van der Waals surface area contributed by atoms with Crippen molar-refractivity contribution < 1.29 is 9.47 Å². The number of hydrogen-bond acceptors (Lipinski definition) is 8. The number of aryl methyl sites for hydroxylation is 1. The maximum absolute atomic E-state index is 6.18. The highest BCUT2D eigenvalue weighted by Gasteiger charge is 2.33. The van der Waals surface area contributed by atoms with Crippen LogP contribution in [-0.4, -0.2) is 49.3 Å². The van der Waals surface area contributed by atoms with Gasteiger partial charge in [-0.2, -0.15) is 0 Å². The van der Waals surface area contributed by atoms with E-state index < -0.39 is 0 Å². The number of fused-ring (bicyclic) bond motifs is 2. The molecule has 10 heteroatoms. The quantitative estimate of drug-likeness (QED) is 0.408. The van der Waals surface area contributed by atoms with Crippen LogP contribution in [0.2, 0.25) is 0 Å². The minimum absolute atomic E-state index is 0.211. The second-order valence-corrected chi connectivity index (χ2v) is 12.2. The molecule has 2 aromatic heterocycles. The van der Waals surface area contributed by atoms with E-state index in [1.807, 2.05) is 12.1 Å². The lowest BCUT2D eigenvalue weighted by Gasteiger charge is -2.47. The maximum Gasteiger partial charge on any atom is 0.231 e. The molecule has 0 amide bonds. The van der Waals surface area contributed by atoms with E-state index in [-0.39, 0.29) is 12.3 Å². The summed E-state index contributed by atoms with van der Waals surface area (Å²) in [5.41, 5.74) is 7.83. The van der Waals surface area contributed by atoms with Crippen molar-refractivity contribution in [3.8, 4) is 11.5 Å². The van der Waals surface area contributed by atoms with Crippen LogP contribution in [0.15, 0.2) is 33.0 Å². The first-order valence-corrected chi connectivity index (χ1v) is 13.9. The molecule has 0 radical (unpaired) electrons. The highest BCUT2D eigenvalue weighted by Crippen LogP contribution is 2.43. The highest BCUT2D eigenvalue weighted by atomic mass is 79.9. The van der Waals surface area contributed by atoms with E-state index in [4.69, 9.17) is 20.2 Å². The van der Waals surface area contributed by atoms with Gasteiger partial charge in [0, 0.05) is 27.5 Å². The van der Waals surface area contributed by atoms with Crippen LogP contribution >= 0.6 is 27.7 Å². The number of likely N-dealkylation sites (tertiary alicyclic amines) is 1. The second kappa shape index (κ2) is 9.78. The molecule has 0 spiro atoms. The molecule has 5 rings (SSSR count). The first-order valence-electron chi connectivity index (χ1n) is 12.2. The van der Waals surface area contributed by atoms with Crippen LogP contribution in [0, 0.1) is 5.92 Å². The van der Waals surface area contributed by atoms with Crippen LogP contribution in [0.5, 0.6) is 11.5 Å². The molecule has 0 saturated carbocycles. The fourth-order valence-corrected chi connectivity index (χ4v) is 6.78. The number of aromatic nitrogens is 4. The van der Waals surface area contributed by atoms with Crippen LogP contribution in [0.3, 0.4) is 0 Å². The Morgan fingerprint density at radius 2 is 1.97 bits per heavy atom. The molecule has 8 nitrogen and oxygen atoms in total. The predicted molar refractivity (Wildman–Crippen MR) is 142 cm³/mol. The molecule has 0 aliphatic carbocycles. The third-order valence-corrected chi connectivity index (χ3v) is 9.04. The van der Waals surface area contributed by atoms with Crippen molar-refractivity contribution >= 4 is 44.7 Å². The van der Waals surface area contributed by atoms with Gasteiger partial charge in [0.05, 0.1) is 0 Å². The molecule has 2 aliphatic rings. The normalized spacial score (nSPS) is 20.6. The predicted octanol–water partition coefficient (Wildman–Crippen LogP) is 5.73. The number of nitrogen functional groups attached to an aromatic ring is 1. The van der Waals surface area contributed by atoms with Crippen molar-refractivity contribution in [1.29, 1.82) is 0 Å². The van der Waals surface area contributed by atoms with Crippen molar-refractivity contribution in [2.45, 2.75) is 81.6 Å². The van der Waals surface area contributed by atoms with Crippen molar-refractivity contribution in [3.05, 3.63) is 22.9 Å². The number of benzene rings is 1. The van der Waals surface area contributed by atoms with E-state index in [9.17, 15) is 0 Å². The van der Waals surface area contributed by atoms with Crippen LogP contribution in [0.25, 0.3) is 11.2 Å². The Morgan fingerprint density at radius 1 is 1.20 bits per heavy atom. The van der Waals surface area contributed by atoms with Crippen LogP contribution in [-0.2, 0) is 6.54 Å². The molecule has 2 atom stereocenters. The fourth-order valence-electron chi connectivity index (χ4n) is 5.27. The van der Waals surface area contributed by atoms with Gasteiger partial charge in [0.1, 0.15) is 6.33 Å². The zero-order valence-corrected chi connectivity index (χ0v) is 23.2. The van der Waals surface area contributed by atoms with Gasteiger partial charge in [-0.1, -0.05) is 18.7 Å². The summed E-state index contributed by atoms with van der Waals surface area (Å²) in [5, 5.41) is 0.853. The summed E-state index contributed by atoms with van der Waals surface area (Å²) < 4.78 is 14.2. The molecular weight excluding hydrogens is 528 g/mol. The molecule has 0 bridgehead atoms. The number of ether oxygens (including phenoxy) is 2. The summed E-state index contributed by atoms with van der Waals surface area (Å²) in [7, 11) is 0. The molecule has 0 unspecified atom stereocenters. The zero-order valence-electron chi connectivity index (χ0n) is 20.8. The van der Waals surface area contributed by atoms with Gasteiger partial charge >= 0.3 is 0 Å². The summed E-state index contributed by atoms with van der Waals surface area (Å²) in [4.78, 5) is 17.3. The molecular formula is C25H33BrN6O2S. The summed E-state index contributed by atoms with van der Waals surface area (Å²) in [5.74, 6) is 2.57. The summed E-state index contributed by atoms with van der Waals surface area (Å²) >= 11 is 5.25. The fraction of sp³-hybridized carbons (Fsp3) is 0.560. The number of nitrogens with two attached hydrogens (primary N) is 1. The topological polar surface area (TPSA) is 91.3 Å². The van der Waals surface area contributed by atoms with E-state index in [0.717, 1.165) is 51.2 Å². The van der Waals surface area contributed by atoms with Gasteiger partial charge in [-0.05, 0) is 87.0 Å². The number of rotatable bonds is 6. The van der Waals surface area contributed by atoms with E-state index in [2.05, 4.69) is 63.1 Å². The van der Waals surface area contributed by atoms with E-state index >= 15 is 0 Å². The first kappa shape index (κ1) is 24.6. The molecule has 1 aromatic carbocycles. The largest absolute Gasteiger partial charge is 0.454 e. The number of hydrogen-bond donors (Lipinski definition) is 1. The Kier molecular flexibility index (Phi) is 6.89. The monoisotopic (exact) mass is 560 g/mol. The summed E-state index contributed by atoms with van der Waals surface area (Å²) in [6.45, 7) is 11.5. The molecule has 35 heavy (non-hydrogen) atoms. The minimum atomic E-state index is 0.211. The van der Waals surface area contributed by atoms with E-state index in [1.165, 1.54) is 25.6 Å². The second-order valence-electron chi connectivity index (χ2n) is 10.3. The van der Waals surface area contributed by atoms with Crippen molar-refractivity contribution in [2.75, 3.05) is 19.1 Å². The van der Waals surface area contributed by atoms with Gasteiger partial charge in [0.15, 0.2) is 33.6 Å². The molecule has 4 heterocycles. The zero-order chi connectivity index (χ0) is 24.7. The Balaban J connectivity index is 1.39. The number of imidazole rings is 1. The van der Waals surface area contributed by atoms with E-state index in [1.54, 1.807) is 11.8 Å². The van der Waals surface area contributed by atoms with Gasteiger partial charge in [-0.25, -0.2) is 15.0 Å². The van der Waals surface area contributed by atoms with Gasteiger partial charge in [0.2, 0.25) is 6.79 Å². The SMILES string of the molecule is CC[C@H]1C[C@H](CCn2c(Sc3cc4c(cc3Br)OCO4)nc3c(N)ncnc32)CCN1C(C)(C)C. The molecule has 1 saturated heterocycles. The standard InChI is InChI=1S/C25H33BrN6O2S/c1-5-16-10-15(7-9-32(16)25(2,3)4)6-8-31-23-21(22(27)28-13-29-23)30-24(31)35-20-12-19-18(11-17(20)26)33-14-34-19/h11-13,15-16H,5-10,14H2,1-4H3,(H2,27,28,29)/t15-,16+/m1/s1. The lowest BCUT2D eigenvalue weighted by molar-refractivity contribution is 0.0256. The van der Waals surface area contributed by atoms with Gasteiger partial charge < -0.3 is 19.8 Å². The van der Waals surface area contributed by atoms with Crippen molar-refractivity contribution in [3.63, 3.8) is 0 Å². The van der Waals surface area contributed by atoms with Crippen LogP contribution < -0.4 is 15.2 Å². The lowest BCUT2D eigenvalue weighted by atomic mass is 9.84. The molecule has 188 valence electrons. The molecule has 2 aliphatic heterocycles. The van der Waals surface area contributed by atoms with Crippen molar-refractivity contribution in [1.82, 2.24) is 24.4 Å². The Bertz CT molecular complexity index is 1230. The van der Waals surface area contributed by atoms with Crippen LogP contribution in [0.4, 0.5) is 5.82 Å². The smallest absolute Gasteiger partial charge is 0.231 e. The van der Waals surface area contributed by atoms with Gasteiger partial charge in [-0.3, -0.25) is 4.90 Å². The molecule has 2 N–H and O–H groups in total. The van der Waals surface area contributed by atoms with Gasteiger partial charge in [0.25, 0.3) is 0 Å². The lowest BCUT2D eigenvalue weighted by Crippen LogP contribution is -2.52. The molecule has 1 fully saturated rings. The highest BCUT2D eigenvalue weighted by molar-refractivity contribution is 9.10. The third-order valence-electron chi connectivity index (χ3n) is 7.07. The Labute approximate surface area is 219 Å². The first-order chi connectivity index (χ1) is 16.7. The van der Waals surface area contributed by atoms with Crippen LogP contribution in [0.1, 0.15) is 53.4 Å². The van der Waals surface area contributed by atoms with Gasteiger partial charge in [-0.15, -0.1) is 0 Å². The average Bonchev–Trinajstić information content (AvgIpc) is 3.41. The third kappa shape index (κ3) is 4.97. The number of halogens is 1. The summed E-state index contributed by atoms with van der Waals surface area (Å²) in [6.07, 6.45) is 6.24. The van der Waals surface area contributed by atoms with Crippen molar-refractivity contribution in [2.24, 2.45) is 5.92 Å². The van der Waals surface area contributed by atoms with E-state index in [0.29, 0.717) is 23.3 Å². The molecule has 3 aromatic rings. The Morgan fingerprint density at radius 3 is 2.71 bits per heavy atom.